The number of halogens is 1. The lowest BCUT2D eigenvalue weighted by atomic mass is 9.69. The predicted octanol–water partition coefficient (Wildman–Crippen LogP) is 3.28. The van der Waals surface area contributed by atoms with Gasteiger partial charge in [0, 0.05) is 0 Å². The summed E-state index contributed by atoms with van der Waals surface area (Å²) in [5.41, 5.74) is 0.671. The molecule has 1 amide bonds. The molecule has 4 heteroatoms. The highest BCUT2D eigenvalue weighted by molar-refractivity contribution is 6.34. The van der Waals surface area contributed by atoms with E-state index in [-0.39, 0.29) is 5.91 Å². The number of nitriles is 1. The average molecular weight is 249 g/mol. The van der Waals surface area contributed by atoms with Crippen LogP contribution in [0.25, 0.3) is 0 Å². The average Bonchev–Trinajstić information content (AvgIpc) is 2.23. The first-order valence-corrected chi connectivity index (χ1v) is 5.95. The number of rotatable bonds is 2. The van der Waals surface area contributed by atoms with Crippen molar-refractivity contribution in [1.82, 2.24) is 0 Å². The lowest BCUT2D eigenvalue weighted by molar-refractivity contribution is -0.126. The Labute approximate surface area is 105 Å². The zero-order valence-electron chi connectivity index (χ0n) is 9.59. The van der Waals surface area contributed by atoms with Crippen LogP contribution in [0.5, 0.6) is 0 Å². The Morgan fingerprint density at radius 3 is 2.71 bits per heavy atom. The van der Waals surface area contributed by atoms with E-state index in [1.54, 1.807) is 6.07 Å². The molecule has 1 aliphatic carbocycles. The first-order chi connectivity index (χ1) is 8.09. The van der Waals surface area contributed by atoms with E-state index < -0.39 is 5.41 Å². The maximum Gasteiger partial charge on any atom is 0.244 e. The number of aryl methyl sites for hydroxylation is 1. The molecular formula is C13H13ClN2O. The van der Waals surface area contributed by atoms with Gasteiger partial charge in [-0.25, -0.2) is 0 Å². The highest BCUT2D eigenvalue weighted by Gasteiger charge is 2.44. The van der Waals surface area contributed by atoms with Crippen molar-refractivity contribution in [2.24, 2.45) is 5.41 Å². The van der Waals surface area contributed by atoms with E-state index in [2.05, 4.69) is 11.4 Å². The normalized spacial score (nSPS) is 16.8. The zero-order chi connectivity index (χ0) is 12.5. The van der Waals surface area contributed by atoms with Crippen LogP contribution in [0.3, 0.4) is 0 Å². The smallest absolute Gasteiger partial charge is 0.244 e. The van der Waals surface area contributed by atoms with E-state index in [1.807, 2.05) is 19.1 Å². The monoisotopic (exact) mass is 248 g/mol. The first kappa shape index (κ1) is 11.9. The molecule has 17 heavy (non-hydrogen) atoms. The number of nitrogens with zero attached hydrogens (tertiary/aromatic N) is 1. The Bertz CT molecular complexity index is 480. The largest absolute Gasteiger partial charge is 0.323 e. The number of para-hydroxylation sites is 1. The van der Waals surface area contributed by atoms with Gasteiger partial charge in [0.25, 0.3) is 0 Å². The third-order valence-electron chi connectivity index (χ3n) is 3.32. The molecule has 0 saturated heterocycles. The second kappa shape index (κ2) is 4.38. The van der Waals surface area contributed by atoms with Crippen molar-refractivity contribution < 1.29 is 4.79 Å². The molecule has 0 bridgehead atoms. The molecule has 1 aromatic rings. The molecule has 0 radical (unpaired) electrons. The Kier molecular flexibility index (Phi) is 3.08. The van der Waals surface area contributed by atoms with Crippen molar-refractivity contribution in [2.45, 2.75) is 26.2 Å². The first-order valence-electron chi connectivity index (χ1n) is 5.57. The standard InChI is InChI=1S/C13H13ClN2O/c1-9-4-2-5-10(14)11(9)16-12(17)13(8-15)6-3-7-13/h2,4-5H,3,6-7H2,1H3,(H,16,17). The highest BCUT2D eigenvalue weighted by Crippen LogP contribution is 2.41. The van der Waals surface area contributed by atoms with Gasteiger partial charge >= 0.3 is 0 Å². The summed E-state index contributed by atoms with van der Waals surface area (Å²) in [6, 6.07) is 7.55. The molecule has 3 nitrogen and oxygen atoms in total. The van der Waals surface area contributed by atoms with E-state index in [9.17, 15) is 4.79 Å². The minimum absolute atomic E-state index is 0.234. The summed E-state index contributed by atoms with van der Waals surface area (Å²) >= 11 is 6.03. The maximum atomic E-state index is 12.1. The highest BCUT2D eigenvalue weighted by atomic mass is 35.5. The Balaban J connectivity index is 2.22. The van der Waals surface area contributed by atoms with Gasteiger partial charge in [0.2, 0.25) is 5.91 Å². The second-order valence-electron chi connectivity index (χ2n) is 4.43. The van der Waals surface area contributed by atoms with Crippen LogP contribution in [-0.4, -0.2) is 5.91 Å². The molecule has 0 spiro atoms. The Morgan fingerprint density at radius 2 is 2.24 bits per heavy atom. The van der Waals surface area contributed by atoms with Crippen molar-refractivity contribution in [3.63, 3.8) is 0 Å². The fourth-order valence-electron chi connectivity index (χ4n) is 1.94. The molecule has 0 aliphatic heterocycles. The summed E-state index contributed by atoms with van der Waals surface area (Å²) in [7, 11) is 0. The quantitative estimate of drug-likeness (QED) is 0.873. The van der Waals surface area contributed by atoms with E-state index >= 15 is 0 Å². The summed E-state index contributed by atoms with van der Waals surface area (Å²) in [5, 5.41) is 12.4. The van der Waals surface area contributed by atoms with Crippen LogP contribution in [0.1, 0.15) is 24.8 Å². The van der Waals surface area contributed by atoms with Crippen LogP contribution < -0.4 is 5.32 Å². The zero-order valence-corrected chi connectivity index (χ0v) is 10.3. The third-order valence-corrected chi connectivity index (χ3v) is 3.63. The summed E-state index contributed by atoms with van der Waals surface area (Å²) in [6.45, 7) is 1.88. The van der Waals surface area contributed by atoms with E-state index in [1.165, 1.54) is 0 Å². The number of carbonyl (C=O) groups is 1. The number of amides is 1. The van der Waals surface area contributed by atoms with Crippen molar-refractivity contribution in [2.75, 3.05) is 5.32 Å². The summed E-state index contributed by atoms with van der Waals surface area (Å²) in [5.74, 6) is -0.234. The van der Waals surface area contributed by atoms with Crippen molar-refractivity contribution in [3.05, 3.63) is 28.8 Å². The van der Waals surface area contributed by atoms with Crippen molar-refractivity contribution >= 4 is 23.2 Å². The Morgan fingerprint density at radius 1 is 1.53 bits per heavy atom. The van der Waals surface area contributed by atoms with Gasteiger partial charge in [0.1, 0.15) is 5.41 Å². The van der Waals surface area contributed by atoms with Crippen LogP contribution in [0.2, 0.25) is 5.02 Å². The SMILES string of the molecule is Cc1cccc(Cl)c1NC(=O)C1(C#N)CCC1. The fourth-order valence-corrected chi connectivity index (χ4v) is 2.21. The molecule has 1 aromatic carbocycles. The number of anilines is 1. The second-order valence-corrected chi connectivity index (χ2v) is 4.84. The van der Waals surface area contributed by atoms with Gasteiger partial charge in [-0.05, 0) is 37.8 Å². The van der Waals surface area contributed by atoms with Gasteiger partial charge in [0.15, 0.2) is 0 Å². The third kappa shape index (κ3) is 2.01. The van der Waals surface area contributed by atoms with Gasteiger partial charge in [-0.3, -0.25) is 4.79 Å². The van der Waals surface area contributed by atoms with Crippen LogP contribution in [0.15, 0.2) is 18.2 Å². The molecule has 2 rings (SSSR count). The van der Waals surface area contributed by atoms with Crippen LogP contribution in [0, 0.1) is 23.7 Å². The van der Waals surface area contributed by atoms with Crippen LogP contribution in [-0.2, 0) is 4.79 Å². The predicted molar refractivity (Wildman–Crippen MR) is 66.7 cm³/mol. The van der Waals surface area contributed by atoms with Crippen LogP contribution >= 0.6 is 11.6 Å². The topological polar surface area (TPSA) is 52.9 Å². The van der Waals surface area contributed by atoms with Gasteiger partial charge in [-0.2, -0.15) is 5.26 Å². The van der Waals surface area contributed by atoms with Gasteiger partial charge in [-0.1, -0.05) is 23.7 Å². The van der Waals surface area contributed by atoms with Gasteiger partial charge in [-0.15, -0.1) is 0 Å². The lowest BCUT2D eigenvalue weighted by Gasteiger charge is -2.33. The Hall–Kier alpha value is -1.53. The molecule has 1 aliphatic rings. The minimum Gasteiger partial charge on any atom is -0.323 e. The summed E-state index contributed by atoms with van der Waals surface area (Å²) in [4.78, 5) is 12.1. The van der Waals surface area contributed by atoms with Crippen molar-refractivity contribution in [3.8, 4) is 6.07 Å². The molecule has 0 aromatic heterocycles. The number of nitrogens with one attached hydrogen (secondary N) is 1. The minimum atomic E-state index is -0.842. The van der Waals surface area contributed by atoms with Gasteiger partial charge < -0.3 is 5.32 Å². The number of benzene rings is 1. The van der Waals surface area contributed by atoms with E-state index in [0.29, 0.717) is 23.6 Å². The summed E-state index contributed by atoms with van der Waals surface area (Å²) in [6.07, 6.45) is 2.21. The molecule has 88 valence electrons. The van der Waals surface area contributed by atoms with Crippen molar-refractivity contribution in [1.29, 1.82) is 5.26 Å². The molecule has 1 fully saturated rings. The van der Waals surface area contributed by atoms with Gasteiger partial charge in [0.05, 0.1) is 16.8 Å². The molecule has 0 heterocycles. The number of hydrogen-bond acceptors (Lipinski definition) is 2. The number of carbonyl (C=O) groups excluding carboxylic acids is 1. The maximum absolute atomic E-state index is 12.1. The molecule has 1 N–H and O–H groups in total. The fraction of sp³-hybridized carbons (Fsp3) is 0.385. The van der Waals surface area contributed by atoms with E-state index in [0.717, 1.165) is 12.0 Å². The van der Waals surface area contributed by atoms with E-state index in [4.69, 9.17) is 16.9 Å². The molecular weight excluding hydrogens is 236 g/mol. The number of hydrogen-bond donors (Lipinski definition) is 1. The lowest BCUT2D eigenvalue weighted by Crippen LogP contribution is -2.40. The molecule has 1 saturated carbocycles. The van der Waals surface area contributed by atoms with Crippen LogP contribution in [0.4, 0.5) is 5.69 Å². The molecule has 0 unspecified atom stereocenters. The molecule has 0 atom stereocenters. The summed E-state index contributed by atoms with van der Waals surface area (Å²) < 4.78 is 0.